The van der Waals surface area contributed by atoms with Crippen molar-refractivity contribution in [2.75, 3.05) is 0 Å². The minimum Gasteiger partial charge on any atom is -0.374 e. The number of fused-ring (bicyclic) bond motifs is 11. The minimum atomic E-state index is -0.0481. The largest absolute Gasteiger partial charge is 0.374 e. The fourth-order valence-corrected chi connectivity index (χ4v) is 9.78. The lowest BCUT2D eigenvalue weighted by Crippen LogP contribution is -2.41. The lowest BCUT2D eigenvalue weighted by molar-refractivity contribution is 0.279. The molecule has 10 rings (SSSR count). The molecule has 0 spiro atoms. The number of allylic oxidation sites excluding steroid dienone is 7. The van der Waals surface area contributed by atoms with Gasteiger partial charge in [0.2, 0.25) is 0 Å². The molecular weight excluding hydrogens is 679 g/mol. The first-order valence-electron chi connectivity index (χ1n) is 20.0. The van der Waals surface area contributed by atoms with E-state index in [1.54, 1.807) is 0 Å². The summed E-state index contributed by atoms with van der Waals surface area (Å²) < 4.78 is 4.79. The van der Waals surface area contributed by atoms with E-state index in [9.17, 15) is 0 Å². The first-order valence-corrected chi connectivity index (χ1v) is 20.0. The Bertz CT molecular complexity index is 3000. The first-order chi connectivity index (χ1) is 27.6. The maximum Gasteiger partial charge on any atom is 0.0691 e. The summed E-state index contributed by atoms with van der Waals surface area (Å²) in [5.41, 5.74) is 15.8. The van der Waals surface area contributed by atoms with Crippen LogP contribution in [0, 0.1) is 5.92 Å². The highest BCUT2D eigenvalue weighted by Gasteiger charge is 2.44. The predicted octanol–water partition coefficient (Wildman–Crippen LogP) is 14.0. The standard InChI is InChI=1S/C53H45N3/c1-5-16-40(17-6-2)55-50-29-27-38(31-43(50)45-33-44-42-23-12-13-25-49(42)56(51(44)34-52(45)55)41-21-10-9-11-22-41)36-19-14-18-35(30-36)37-26-28-47-46(32-37)48-24-15-20-39(7-3)53(47,8-4)54-48/h5-6,9-34,39,54H,1,7-8H2,2-4H3/b17-6-,40-16+. The molecule has 0 saturated heterocycles. The Kier molecular flexibility index (Phi) is 8.07. The molecule has 2 aliphatic heterocycles. The van der Waals surface area contributed by atoms with E-state index in [-0.39, 0.29) is 5.54 Å². The van der Waals surface area contributed by atoms with Gasteiger partial charge >= 0.3 is 0 Å². The lowest BCUT2D eigenvalue weighted by Gasteiger charge is -2.36. The lowest BCUT2D eigenvalue weighted by atomic mass is 9.74. The molecule has 3 heteroatoms. The van der Waals surface area contributed by atoms with Crippen molar-refractivity contribution >= 4 is 55.0 Å². The van der Waals surface area contributed by atoms with Gasteiger partial charge in [-0.1, -0.05) is 118 Å². The molecule has 2 bridgehead atoms. The van der Waals surface area contributed by atoms with Gasteiger partial charge in [-0.2, -0.15) is 0 Å². The molecule has 2 aliphatic rings. The van der Waals surface area contributed by atoms with Gasteiger partial charge in [-0.05, 0) is 120 Å². The molecule has 0 aliphatic carbocycles. The number of para-hydroxylation sites is 2. The third-order valence-corrected chi connectivity index (χ3v) is 12.4. The molecule has 2 atom stereocenters. The Labute approximate surface area is 328 Å². The van der Waals surface area contributed by atoms with Gasteiger partial charge in [0.15, 0.2) is 0 Å². The number of benzene rings is 6. The molecule has 0 amide bonds. The molecule has 272 valence electrons. The zero-order valence-corrected chi connectivity index (χ0v) is 32.3. The quantitative estimate of drug-likeness (QED) is 0.155. The Morgan fingerprint density at radius 2 is 1.43 bits per heavy atom. The van der Waals surface area contributed by atoms with Crippen LogP contribution in [-0.2, 0) is 5.54 Å². The van der Waals surface area contributed by atoms with Crippen LogP contribution in [-0.4, -0.2) is 9.13 Å². The van der Waals surface area contributed by atoms with Gasteiger partial charge in [0.1, 0.15) is 0 Å². The number of hydrogen-bond donors (Lipinski definition) is 1. The van der Waals surface area contributed by atoms with Gasteiger partial charge < -0.3 is 14.5 Å². The van der Waals surface area contributed by atoms with E-state index in [2.05, 4.69) is 206 Å². The van der Waals surface area contributed by atoms with Gasteiger partial charge in [-0.25, -0.2) is 0 Å². The molecule has 2 aromatic heterocycles. The first kappa shape index (κ1) is 33.9. The molecule has 6 aromatic carbocycles. The molecule has 0 fully saturated rings. The second-order valence-corrected chi connectivity index (χ2v) is 15.2. The van der Waals surface area contributed by atoms with Crippen molar-refractivity contribution in [3.63, 3.8) is 0 Å². The molecule has 56 heavy (non-hydrogen) atoms. The molecule has 2 unspecified atom stereocenters. The van der Waals surface area contributed by atoms with E-state index in [1.807, 2.05) is 6.08 Å². The van der Waals surface area contributed by atoms with Crippen LogP contribution in [0.25, 0.3) is 82.9 Å². The minimum absolute atomic E-state index is 0.0481. The Balaban J connectivity index is 1.16. The van der Waals surface area contributed by atoms with E-state index in [0.717, 1.165) is 29.7 Å². The molecule has 3 nitrogen and oxygen atoms in total. The molecule has 0 radical (unpaired) electrons. The Morgan fingerprint density at radius 1 is 0.696 bits per heavy atom. The smallest absolute Gasteiger partial charge is 0.0691 e. The zero-order chi connectivity index (χ0) is 38.0. The maximum atomic E-state index is 4.09. The van der Waals surface area contributed by atoms with Crippen LogP contribution in [0.15, 0.2) is 177 Å². The van der Waals surface area contributed by atoms with Crippen molar-refractivity contribution in [2.45, 2.75) is 39.2 Å². The Hall–Kier alpha value is -6.58. The fourth-order valence-electron chi connectivity index (χ4n) is 9.78. The highest BCUT2D eigenvalue weighted by Crippen LogP contribution is 2.48. The number of nitrogens with zero attached hydrogens (tertiary/aromatic N) is 2. The highest BCUT2D eigenvalue weighted by molar-refractivity contribution is 6.20. The van der Waals surface area contributed by atoms with Crippen molar-refractivity contribution in [2.24, 2.45) is 5.92 Å². The summed E-state index contributed by atoms with van der Waals surface area (Å²) in [5.74, 6) is 0.456. The van der Waals surface area contributed by atoms with Crippen molar-refractivity contribution in [1.82, 2.24) is 14.5 Å². The average Bonchev–Trinajstić information content (AvgIpc) is 3.80. The number of aromatic nitrogens is 2. The van der Waals surface area contributed by atoms with Crippen molar-refractivity contribution in [1.29, 1.82) is 0 Å². The SMILES string of the molecule is C=C/C=C(\C=C/C)n1c2ccc(-c3cccc(-c4ccc5c(c4)C4=CC=CC(CC)C5(CC)N4)c3)cc2c2cc3c4ccccc4n(-c4ccccc4)c3cc21. The molecular formula is C53H45N3. The summed E-state index contributed by atoms with van der Waals surface area (Å²) in [4.78, 5) is 0. The van der Waals surface area contributed by atoms with Crippen LogP contribution >= 0.6 is 0 Å². The predicted molar refractivity (Wildman–Crippen MR) is 240 cm³/mol. The van der Waals surface area contributed by atoms with Crippen LogP contribution in [0.4, 0.5) is 0 Å². The normalized spacial score (nSPS) is 17.9. The fraction of sp³-hybridized carbons (Fsp3) is 0.132. The topological polar surface area (TPSA) is 21.9 Å². The molecule has 1 N–H and O–H groups in total. The number of rotatable bonds is 8. The summed E-state index contributed by atoms with van der Waals surface area (Å²) in [6.07, 6.45) is 17.3. The van der Waals surface area contributed by atoms with Gasteiger partial charge in [0.05, 0.1) is 27.6 Å². The van der Waals surface area contributed by atoms with Crippen LogP contribution in [0.1, 0.15) is 44.7 Å². The monoisotopic (exact) mass is 723 g/mol. The third kappa shape index (κ3) is 5.04. The van der Waals surface area contributed by atoms with E-state index in [1.165, 1.54) is 77.2 Å². The van der Waals surface area contributed by atoms with Crippen molar-refractivity contribution in [3.8, 4) is 27.9 Å². The molecule has 0 saturated carbocycles. The summed E-state index contributed by atoms with van der Waals surface area (Å²) in [6, 6.07) is 47.4. The Morgan fingerprint density at radius 3 is 2.21 bits per heavy atom. The second kappa shape index (κ2) is 13.3. The van der Waals surface area contributed by atoms with Crippen LogP contribution in [0.2, 0.25) is 0 Å². The van der Waals surface area contributed by atoms with E-state index in [0.29, 0.717) is 5.92 Å². The highest BCUT2D eigenvalue weighted by atomic mass is 15.0. The third-order valence-electron chi connectivity index (χ3n) is 12.4. The number of nitrogens with one attached hydrogen (secondary N) is 1. The summed E-state index contributed by atoms with van der Waals surface area (Å²) in [6.45, 7) is 10.8. The van der Waals surface area contributed by atoms with Gasteiger partial charge in [0.25, 0.3) is 0 Å². The van der Waals surface area contributed by atoms with Gasteiger partial charge in [-0.15, -0.1) is 0 Å². The van der Waals surface area contributed by atoms with E-state index in [4.69, 9.17) is 0 Å². The summed E-state index contributed by atoms with van der Waals surface area (Å²) in [7, 11) is 0. The van der Waals surface area contributed by atoms with Crippen LogP contribution < -0.4 is 5.32 Å². The second-order valence-electron chi connectivity index (χ2n) is 15.2. The van der Waals surface area contributed by atoms with E-state index >= 15 is 0 Å². The van der Waals surface area contributed by atoms with E-state index < -0.39 is 0 Å². The van der Waals surface area contributed by atoms with Crippen LogP contribution in [0.3, 0.4) is 0 Å². The maximum absolute atomic E-state index is 4.09. The van der Waals surface area contributed by atoms with Crippen molar-refractivity contribution in [3.05, 3.63) is 188 Å². The van der Waals surface area contributed by atoms with Crippen LogP contribution in [0.5, 0.6) is 0 Å². The molecule has 8 aromatic rings. The molecule has 4 heterocycles. The zero-order valence-electron chi connectivity index (χ0n) is 32.3. The number of hydrogen-bond acceptors (Lipinski definition) is 1. The average molecular weight is 724 g/mol. The summed E-state index contributed by atoms with van der Waals surface area (Å²) in [5, 5.41) is 8.92. The summed E-state index contributed by atoms with van der Waals surface area (Å²) >= 11 is 0. The van der Waals surface area contributed by atoms with Gasteiger partial charge in [0, 0.05) is 50.1 Å². The van der Waals surface area contributed by atoms with Gasteiger partial charge in [-0.3, -0.25) is 0 Å². The van der Waals surface area contributed by atoms with Crippen molar-refractivity contribution < 1.29 is 0 Å².